The van der Waals surface area contributed by atoms with Crippen LogP contribution in [-0.2, 0) is 6.42 Å². The lowest BCUT2D eigenvalue weighted by atomic mass is 9.74. The Hall–Kier alpha value is -1.43. The third-order valence-electron chi connectivity index (χ3n) is 7.27. The molecule has 1 aliphatic carbocycles. The van der Waals surface area contributed by atoms with Gasteiger partial charge in [-0.1, -0.05) is 53.9 Å². The predicted octanol–water partition coefficient (Wildman–Crippen LogP) is 5.93. The standard InChI is InChI=1S/C27H33Cl2FN2O/c1-31-13-15-32(16-14-31)19-22-6-3-2-5-21(17-20-9-11-23(28)12-10-20)27(22,33)18-24-25(29)7-4-8-26(24)30/h4,7-12,17,22,33H,2-3,5-6,13-16,18-19H2,1H3/b21-17-. The molecule has 3 nitrogen and oxygen atoms in total. The fourth-order valence-electron chi connectivity index (χ4n) is 5.19. The van der Waals surface area contributed by atoms with Gasteiger partial charge in [0.05, 0.1) is 5.60 Å². The van der Waals surface area contributed by atoms with Gasteiger partial charge in [-0.2, -0.15) is 0 Å². The topological polar surface area (TPSA) is 26.7 Å². The number of hydrogen-bond donors (Lipinski definition) is 1. The summed E-state index contributed by atoms with van der Waals surface area (Å²) in [4.78, 5) is 4.78. The maximum absolute atomic E-state index is 14.9. The molecule has 4 rings (SSSR count). The molecule has 2 fully saturated rings. The van der Waals surface area contributed by atoms with Crippen LogP contribution in [0.15, 0.2) is 48.0 Å². The first kappa shape index (κ1) is 24.7. The molecular weight excluding hydrogens is 458 g/mol. The lowest BCUT2D eigenvalue weighted by Crippen LogP contribution is -2.51. The first-order chi connectivity index (χ1) is 15.8. The number of halogens is 3. The number of nitrogens with zero attached hydrogens (tertiary/aromatic N) is 2. The Morgan fingerprint density at radius 1 is 1.06 bits per heavy atom. The molecule has 0 amide bonds. The van der Waals surface area contributed by atoms with Gasteiger partial charge in [-0.05, 0) is 61.7 Å². The monoisotopic (exact) mass is 490 g/mol. The highest BCUT2D eigenvalue weighted by Gasteiger charge is 2.43. The van der Waals surface area contributed by atoms with E-state index in [2.05, 4.69) is 22.9 Å². The molecule has 33 heavy (non-hydrogen) atoms. The van der Waals surface area contributed by atoms with Gasteiger partial charge in [0.25, 0.3) is 0 Å². The van der Waals surface area contributed by atoms with E-state index in [0.29, 0.717) is 15.6 Å². The van der Waals surface area contributed by atoms with E-state index < -0.39 is 5.60 Å². The second-order valence-corrected chi connectivity index (χ2v) is 10.4. The predicted molar refractivity (Wildman–Crippen MR) is 135 cm³/mol. The lowest BCUT2D eigenvalue weighted by Gasteiger charge is -2.42. The summed E-state index contributed by atoms with van der Waals surface area (Å²) in [6, 6.07) is 12.4. The molecule has 2 aliphatic rings. The van der Waals surface area contributed by atoms with E-state index in [1.165, 1.54) is 6.07 Å². The van der Waals surface area contributed by atoms with Crippen molar-refractivity contribution in [2.24, 2.45) is 5.92 Å². The Kier molecular flexibility index (Phi) is 8.14. The second-order valence-electron chi connectivity index (χ2n) is 9.57. The number of benzene rings is 2. The van der Waals surface area contributed by atoms with E-state index in [-0.39, 0.29) is 18.2 Å². The van der Waals surface area contributed by atoms with Gasteiger partial charge >= 0.3 is 0 Å². The van der Waals surface area contributed by atoms with E-state index in [4.69, 9.17) is 23.2 Å². The molecule has 1 aliphatic heterocycles. The van der Waals surface area contributed by atoms with Crippen LogP contribution in [0.1, 0.15) is 36.8 Å². The summed E-state index contributed by atoms with van der Waals surface area (Å²) in [6.45, 7) is 4.82. The van der Waals surface area contributed by atoms with Crippen LogP contribution in [0.2, 0.25) is 10.0 Å². The molecule has 2 aromatic carbocycles. The third-order valence-corrected chi connectivity index (χ3v) is 7.88. The summed E-state index contributed by atoms with van der Waals surface area (Å²) < 4.78 is 14.9. The normalized spacial score (nSPS) is 26.5. The lowest BCUT2D eigenvalue weighted by molar-refractivity contribution is -0.00696. The van der Waals surface area contributed by atoms with E-state index in [1.807, 2.05) is 24.3 Å². The molecule has 1 N–H and O–H groups in total. The summed E-state index contributed by atoms with van der Waals surface area (Å²) >= 11 is 12.5. The van der Waals surface area contributed by atoms with Crippen LogP contribution < -0.4 is 0 Å². The highest BCUT2D eigenvalue weighted by Crippen LogP contribution is 2.42. The first-order valence-electron chi connectivity index (χ1n) is 11.9. The van der Waals surface area contributed by atoms with Gasteiger partial charge < -0.3 is 14.9 Å². The van der Waals surface area contributed by atoms with Crippen LogP contribution in [0.4, 0.5) is 4.39 Å². The molecular formula is C27H33Cl2FN2O. The van der Waals surface area contributed by atoms with Crippen molar-refractivity contribution in [3.8, 4) is 0 Å². The molecule has 0 radical (unpaired) electrons. The van der Waals surface area contributed by atoms with E-state index >= 15 is 0 Å². The van der Waals surface area contributed by atoms with Crippen molar-refractivity contribution in [2.45, 2.75) is 37.7 Å². The zero-order valence-electron chi connectivity index (χ0n) is 19.2. The van der Waals surface area contributed by atoms with Crippen LogP contribution in [0.25, 0.3) is 6.08 Å². The smallest absolute Gasteiger partial charge is 0.128 e. The van der Waals surface area contributed by atoms with E-state index in [1.54, 1.807) is 12.1 Å². The number of aliphatic hydroxyl groups is 1. The van der Waals surface area contributed by atoms with Crippen molar-refractivity contribution >= 4 is 29.3 Å². The van der Waals surface area contributed by atoms with Crippen LogP contribution in [0, 0.1) is 11.7 Å². The summed E-state index contributed by atoms with van der Waals surface area (Å²) in [5.41, 5.74) is 1.17. The van der Waals surface area contributed by atoms with Gasteiger partial charge in [-0.25, -0.2) is 4.39 Å². The average molecular weight is 491 g/mol. The van der Waals surface area contributed by atoms with Gasteiger partial charge in [-0.15, -0.1) is 0 Å². The Balaban J connectivity index is 1.72. The molecule has 2 atom stereocenters. The van der Waals surface area contributed by atoms with Gasteiger partial charge in [0.2, 0.25) is 0 Å². The van der Waals surface area contributed by atoms with E-state index in [9.17, 15) is 9.50 Å². The summed E-state index contributed by atoms with van der Waals surface area (Å²) in [6.07, 6.45) is 6.00. The van der Waals surface area contributed by atoms with Gasteiger partial charge in [0.1, 0.15) is 5.82 Å². The Morgan fingerprint density at radius 2 is 1.79 bits per heavy atom. The van der Waals surface area contributed by atoms with Gasteiger partial charge in [0.15, 0.2) is 0 Å². The maximum Gasteiger partial charge on any atom is 0.128 e. The Labute approximate surface area is 206 Å². The molecule has 1 saturated carbocycles. The van der Waals surface area contributed by atoms with Gasteiger partial charge in [0, 0.05) is 60.7 Å². The fraction of sp³-hybridized carbons (Fsp3) is 0.481. The van der Waals surface area contributed by atoms with Crippen LogP contribution >= 0.6 is 23.2 Å². The summed E-state index contributed by atoms with van der Waals surface area (Å²) in [5.74, 6) is -0.359. The van der Waals surface area contributed by atoms with Crippen LogP contribution in [0.3, 0.4) is 0 Å². The summed E-state index contributed by atoms with van der Waals surface area (Å²) in [7, 11) is 2.15. The van der Waals surface area contributed by atoms with Crippen molar-refractivity contribution in [2.75, 3.05) is 39.8 Å². The molecule has 0 spiro atoms. The minimum absolute atomic E-state index is 0.00220. The molecule has 0 aromatic heterocycles. The van der Waals surface area contributed by atoms with Crippen molar-refractivity contribution in [3.05, 3.63) is 75.0 Å². The first-order valence-corrected chi connectivity index (χ1v) is 12.6. The SMILES string of the molecule is CN1CCN(CC2CCCC/C(=C/c3ccc(Cl)cc3)C2(O)Cc2c(F)cccc2Cl)CC1. The molecule has 178 valence electrons. The Bertz CT molecular complexity index is 952. The van der Waals surface area contributed by atoms with Crippen molar-refractivity contribution in [1.82, 2.24) is 9.80 Å². The average Bonchev–Trinajstić information content (AvgIpc) is 2.93. The number of rotatable bonds is 5. The van der Waals surface area contributed by atoms with Crippen LogP contribution in [0.5, 0.6) is 0 Å². The van der Waals surface area contributed by atoms with E-state index in [0.717, 1.165) is 69.5 Å². The maximum atomic E-state index is 14.9. The minimum Gasteiger partial charge on any atom is -0.385 e. The zero-order chi connectivity index (χ0) is 23.4. The number of likely N-dealkylation sites (N-methyl/N-ethyl adjacent to an activating group) is 1. The molecule has 1 saturated heterocycles. The largest absolute Gasteiger partial charge is 0.385 e. The van der Waals surface area contributed by atoms with Gasteiger partial charge in [-0.3, -0.25) is 0 Å². The summed E-state index contributed by atoms with van der Waals surface area (Å²) in [5, 5.41) is 13.5. The molecule has 1 heterocycles. The second kappa shape index (κ2) is 10.9. The number of hydrogen-bond acceptors (Lipinski definition) is 3. The quantitative estimate of drug-likeness (QED) is 0.526. The molecule has 6 heteroatoms. The minimum atomic E-state index is -1.18. The van der Waals surface area contributed by atoms with Crippen molar-refractivity contribution in [3.63, 3.8) is 0 Å². The molecule has 2 aromatic rings. The number of piperazine rings is 1. The fourth-order valence-corrected chi connectivity index (χ4v) is 5.55. The van der Waals surface area contributed by atoms with Crippen LogP contribution in [-0.4, -0.2) is 60.3 Å². The van der Waals surface area contributed by atoms with Crippen molar-refractivity contribution in [1.29, 1.82) is 0 Å². The Morgan fingerprint density at radius 3 is 2.48 bits per heavy atom. The van der Waals surface area contributed by atoms with Crippen molar-refractivity contribution < 1.29 is 9.50 Å². The molecule has 0 bridgehead atoms. The third kappa shape index (κ3) is 5.98. The molecule has 2 unspecified atom stereocenters. The highest BCUT2D eigenvalue weighted by atomic mass is 35.5. The zero-order valence-corrected chi connectivity index (χ0v) is 20.8. The highest BCUT2D eigenvalue weighted by molar-refractivity contribution is 6.31.